The molecule has 0 aromatic heterocycles. The molecule has 2 fully saturated rings. The first-order chi connectivity index (χ1) is 19.1. The topological polar surface area (TPSA) is 98.2 Å². The summed E-state index contributed by atoms with van der Waals surface area (Å²) in [5.41, 5.74) is -3.90. The van der Waals surface area contributed by atoms with Crippen LogP contribution in [-0.4, -0.2) is 85.3 Å². The number of amides is 3. The highest BCUT2D eigenvalue weighted by Crippen LogP contribution is 2.54. The smallest absolute Gasteiger partial charge is 0.426 e. The molecule has 2 aromatic carbocycles. The molecule has 2 heterocycles. The molecule has 8 nitrogen and oxygen atoms in total. The van der Waals surface area contributed by atoms with E-state index in [-0.39, 0.29) is 68.0 Å². The number of alkyl halides is 4. The number of sulfone groups is 1. The molecule has 1 N–H and O–H groups in total. The Morgan fingerprint density at radius 2 is 1.56 bits per heavy atom. The van der Waals surface area contributed by atoms with E-state index >= 15 is 0 Å². The summed E-state index contributed by atoms with van der Waals surface area (Å²) in [6, 6.07) is 6.01. The molecule has 0 spiro atoms. The van der Waals surface area contributed by atoms with E-state index < -0.39 is 56.0 Å². The van der Waals surface area contributed by atoms with E-state index in [9.17, 15) is 45.1 Å². The van der Waals surface area contributed by atoms with E-state index in [0.29, 0.717) is 6.92 Å². The SMILES string of the molecule is CC(F)(c1ccc2c(c1)CC[C@H]1N(C(=O)N3CCN(C(=O)O)CC3)CC[C@@]21S(=O)(=O)c1ccc(F)cc1)C(F)(F)F. The number of piperazine rings is 1. The first-order valence-electron chi connectivity index (χ1n) is 13.0. The molecule has 2 aliphatic heterocycles. The number of aryl methyl sites for hydroxylation is 1. The van der Waals surface area contributed by atoms with Crippen molar-refractivity contribution in [3.8, 4) is 0 Å². The molecule has 3 aliphatic rings. The van der Waals surface area contributed by atoms with Crippen LogP contribution >= 0.6 is 0 Å². The second-order valence-electron chi connectivity index (χ2n) is 10.8. The molecule has 2 saturated heterocycles. The number of rotatable bonds is 3. The molecular formula is C27H28F5N3O5S. The summed E-state index contributed by atoms with van der Waals surface area (Å²) in [5.74, 6) is -0.662. The Hall–Kier alpha value is -3.42. The summed E-state index contributed by atoms with van der Waals surface area (Å²) in [4.78, 5) is 28.8. The van der Waals surface area contributed by atoms with Crippen LogP contribution in [0.3, 0.4) is 0 Å². The van der Waals surface area contributed by atoms with Crippen LogP contribution in [0.2, 0.25) is 0 Å². The third kappa shape index (κ3) is 4.50. The Bertz CT molecular complexity index is 1470. The van der Waals surface area contributed by atoms with Crippen LogP contribution in [-0.2, 0) is 26.7 Å². The average molecular weight is 602 g/mol. The maximum Gasteiger partial charge on any atom is 0.426 e. The van der Waals surface area contributed by atoms with Crippen LogP contribution in [0.25, 0.3) is 0 Å². The minimum atomic E-state index is -5.20. The van der Waals surface area contributed by atoms with Gasteiger partial charge < -0.3 is 19.8 Å². The Labute approximate surface area is 233 Å². The molecule has 1 unspecified atom stereocenters. The second kappa shape index (κ2) is 9.85. The molecular weight excluding hydrogens is 573 g/mol. The number of hydrogen-bond donors (Lipinski definition) is 1. The molecule has 222 valence electrons. The van der Waals surface area contributed by atoms with Gasteiger partial charge in [-0.1, -0.05) is 18.2 Å². The fourth-order valence-electron chi connectivity index (χ4n) is 6.31. The number of nitrogens with zero attached hydrogens (tertiary/aromatic N) is 3. The summed E-state index contributed by atoms with van der Waals surface area (Å²) in [7, 11) is -4.37. The summed E-state index contributed by atoms with van der Waals surface area (Å²) >= 11 is 0. The van der Waals surface area contributed by atoms with Gasteiger partial charge in [0.05, 0.1) is 10.9 Å². The maximum atomic E-state index is 14.9. The first-order valence-corrected chi connectivity index (χ1v) is 14.5. The Kier molecular flexibility index (Phi) is 6.98. The predicted molar refractivity (Wildman–Crippen MR) is 136 cm³/mol. The molecule has 41 heavy (non-hydrogen) atoms. The molecule has 3 amide bonds. The van der Waals surface area contributed by atoms with Crippen LogP contribution in [0, 0.1) is 5.82 Å². The van der Waals surface area contributed by atoms with Gasteiger partial charge in [-0.2, -0.15) is 13.2 Å². The summed E-state index contributed by atoms with van der Waals surface area (Å²) in [6.07, 6.45) is -6.22. The molecule has 3 atom stereocenters. The van der Waals surface area contributed by atoms with Crippen molar-refractivity contribution in [3.05, 3.63) is 65.0 Å². The Morgan fingerprint density at radius 3 is 2.15 bits per heavy atom. The number of fused-ring (bicyclic) bond motifs is 3. The second-order valence-corrected chi connectivity index (χ2v) is 13.0. The van der Waals surface area contributed by atoms with Crippen LogP contribution < -0.4 is 0 Å². The molecule has 0 radical (unpaired) electrons. The number of carbonyl (C=O) groups is 2. The van der Waals surface area contributed by atoms with Crippen molar-refractivity contribution in [2.24, 2.45) is 0 Å². The molecule has 1 aliphatic carbocycles. The first kappa shape index (κ1) is 29.1. The number of carbonyl (C=O) groups excluding carboxylic acids is 1. The van der Waals surface area contributed by atoms with Crippen LogP contribution in [0.5, 0.6) is 0 Å². The standard InChI is InChI=1S/C27H28F5N3O5S/c1-25(29,27(30,31)32)18-3-8-21-17(16-18)2-9-22-26(21,41(39,40)20-6-4-19(28)5-7-20)10-11-35(22)23(36)33-12-14-34(15-13-33)24(37)38/h3-8,16,22H,2,9-15H2,1H3,(H,37,38)/t22-,25?,26-/m1/s1. The van der Waals surface area contributed by atoms with Crippen molar-refractivity contribution in [1.29, 1.82) is 0 Å². The third-order valence-electron chi connectivity index (χ3n) is 8.63. The van der Waals surface area contributed by atoms with Crippen molar-refractivity contribution in [3.63, 3.8) is 0 Å². The minimum absolute atomic E-state index is 0.00758. The zero-order valence-electron chi connectivity index (χ0n) is 22.0. The van der Waals surface area contributed by atoms with E-state index in [0.717, 1.165) is 36.4 Å². The van der Waals surface area contributed by atoms with Crippen molar-refractivity contribution in [1.82, 2.24) is 14.7 Å². The number of hydrogen-bond acceptors (Lipinski definition) is 4. The summed E-state index contributed by atoms with van der Waals surface area (Å²) < 4.78 is 96.0. The number of halogens is 5. The van der Waals surface area contributed by atoms with Gasteiger partial charge in [-0.25, -0.2) is 26.8 Å². The molecule has 14 heteroatoms. The molecule has 0 saturated carbocycles. The maximum absolute atomic E-state index is 14.9. The highest BCUT2D eigenvalue weighted by molar-refractivity contribution is 7.92. The quantitative estimate of drug-likeness (QED) is 0.407. The van der Waals surface area contributed by atoms with Crippen molar-refractivity contribution in [2.75, 3.05) is 32.7 Å². The van der Waals surface area contributed by atoms with Crippen molar-refractivity contribution in [2.45, 2.75) is 53.7 Å². The highest BCUT2D eigenvalue weighted by atomic mass is 32.2. The van der Waals surface area contributed by atoms with Gasteiger partial charge in [-0.3, -0.25) is 0 Å². The monoisotopic (exact) mass is 601 g/mol. The zero-order valence-corrected chi connectivity index (χ0v) is 22.8. The highest BCUT2D eigenvalue weighted by Gasteiger charge is 2.62. The lowest BCUT2D eigenvalue weighted by Crippen LogP contribution is -2.57. The predicted octanol–water partition coefficient (Wildman–Crippen LogP) is 4.68. The van der Waals surface area contributed by atoms with E-state index in [2.05, 4.69) is 0 Å². The molecule has 2 aromatic rings. The number of benzene rings is 2. The Morgan fingerprint density at radius 1 is 0.951 bits per heavy atom. The fraction of sp³-hybridized carbons (Fsp3) is 0.481. The lowest BCUT2D eigenvalue weighted by Gasteiger charge is -2.44. The van der Waals surface area contributed by atoms with Gasteiger partial charge in [-0.15, -0.1) is 0 Å². The van der Waals surface area contributed by atoms with E-state index in [1.54, 1.807) is 0 Å². The van der Waals surface area contributed by atoms with Crippen LogP contribution in [0.1, 0.15) is 36.5 Å². The van der Waals surface area contributed by atoms with Crippen LogP contribution in [0.4, 0.5) is 31.5 Å². The largest absolute Gasteiger partial charge is 0.465 e. The summed E-state index contributed by atoms with van der Waals surface area (Å²) in [6.45, 7) is 0.813. The van der Waals surface area contributed by atoms with Gasteiger partial charge >= 0.3 is 18.3 Å². The van der Waals surface area contributed by atoms with Gasteiger partial charge in [0.1, 0.15) is 10.6 Å². The number of carboxylic acid groups (broad SMARTS) is 1. The van der Waals surface area contributed by atoms with E-state index in [1.807, 2.05) is 0 Å². The van der Waals surface area contributed by atoms with Crippen LogP contribution in [0.15, 0.2) is 47.4 Å². The van der Waals surface area contributed by atoms with Crippen molar-refractivity contribution >= 4 is 22.0 Å². The van der Waals surface area contributed by atoms with Gasteiger partial charge in [0.15, 0.2) is 9.84 Å². The molecule has 0 bridgehead atoms. The zero-order chi connectivity index (χ0) is 30.0. The lowest BCUT2D eigenvalue weighted by molar-refractivity contribution is -0.228. The Balaban J connectivity index is 1.59. The van der Waals surface area contributed by atoms with Crippen molar-refractivity contribution < 1.29 is 45.1 Å². The summed E-state index contributed by atoms with van der Waals surface area (Å²) in [5, 5.41) is 9.22. The minimum Gasteiger partial charge on any atom is -0.465 e. The van der Waals surface area contributed by atoms with E-state index in [1.165, 1.54) is 20.8 Å². The third-order valence-corrected chi connectivity index (χ3v) is 11.2. The number of likely N-dealkylation sites (tertiary alicyclic amines) is 1. The van der Waals surface area contributed by atoms with Gasteiger partial charge in [-0.05, 0) is 67.1 Å². The van der Waals surface area contributed by atoms with Gasteiger partial charge in [0.2, 0.25) is 5.67 Å². The number of urea groups is 1. The van der Waals surface area contributed by atoms with E-state index in [4.69, 9.17) is 0 Å². The fourth-order valence-corrected chi connectivity index (χ4v) is 8.67. The van der Waals surface area contributed by atoms with Gasteiger partial charge in [0.25, 0.3) is 0 Å². The van der Waals surface area contributed by atoms with Gasteiger partial charge in [0, 0.05) is 32.7 Å². The normalized spacial score (nSPS) is 24.4. The average Bonchev–Trinajstić information content (AvgIpc) is 3.34. The molecule has 5 rings (SSSR count). The lowest BCUT2D eigenvalue weighted by atomic mass is 9.77.